The van der Waals surface area contributed by atoms with Crippen LogP contribution in [0, 0.1) is 5.92 Å². The molecule has 0 radical (unpaired) electrons. The van der Waals surface area contributed by atoms with Crippen molar-refractivity contribution >= 4 is 0 Å². The average Bonchev–Trinajstić information content (AvgIpc) is 2.39. The first-order valence-corrected chi connectivity index (χ1v) is 6.57. The van der Waals surface area contributed by atoms with Crippen molar-refractivity contribution in [1.29, 1.82) is 0 Å². The molecule has 1 fully saturated rings. The number of rotatable bonds is 4. The third-order valence-electron chi connectivity index (χ3n) is 3.76. The topological polar surface area (TPSA) is 28.2 Å². The van der Waals surface area contributed by atoms with Gasteiger partial charge in [-0.15, -0.1) is 0 Å². The van der Waals surface area contributed by atoms with Crippen LogP contribution in [0.3, 0.4) is 0 Å². The minimum absolute atomic E-state index is 0.428. The zero-order valence-electron chi connectivity index (χ0n) is 10.9. The molecule has 0 amide bonds. The Morgan fingerprint density at radius 1 is 1.35 bits per heavy atom. The van der Waals surface area contributed by atoms with Crippen LogP contribution in [-0.4, -0.2) is 36.6 Å². The Hall–Kier alpha value is -0.930. The van der Waals surface area contributed by atoms with Gasteiger partial charge in [0, 0.05) is 18.4 Å². The number of pyridine rings is 1. The predicted molar refractivity (Wildman–Crippen MR) is 70.9 cm³/mol. The number of nitrogens with one attached hydrogen (secondary N) is 1. The van der Waals surface area contributed by atoms with Crippen molar-refractivity contribution in [3.8, 4) is 0 Å². The summed E-state index contributed by atoms with van der Waals surface area (Å²) < 4.78 is 0. The lowest BCUT2D eigenvalue weighted by molar-refractivity contribution is 0.213. The second-order valence-corrected chi connectivity index (χ2v) is 5.16. The molecule has 3 nitrogen and oxygen atoms in total. The molecule has 0 saturated carbocycles. The summed E-state index contributed by atoms with van der Waals surface area (Å²) in [4.78, 5) is 6.47. The van der Waals surface area contributed by atoms with Gasteiger partial charge in [0.25, 0.3) is 0 Å². The Morgan fingerprint density at radius 3 is 2.65 bits per heavy atom. The highest BCUT2D eigenvalue weighted by atomic mass is 15.1. The molecule has 0 aromatic carbocycles. The van der Waals surface area contributed by atoms with E-state index in [0.717, 1.165) is 12.5 Å². The van der Waals surface area contributed by atoms with Crippen LogP contribution in [0.4, 0.5) is 0 Å². The van der Waals surface area contributed by atoms with Crippen molar-refractivity contribution in [2.45, 2.75) is 25.8 Å². The van der Waals surface area contributed by atoms with Crippen molar-refractivity contribution in [3.63, 3.8) is 0 Å². The van der Waals surface area contributed by atoms with Gasteiger partial charge in [0.05, 0.1) is 0 Å². The lowest BCUT2D eigenvalue weighted by atomic mass is 9.96. The highest BCUT2D eigenvalue weighted by Gasteiger charge is 2.17. The Labute approximate surface area is 104 Å². The van der Waals surface area contributed by atoms with Gasteiger partial charge in [-0.05, 0) is 70.1 Å². The Balaban J connectivity index is 1.75. The van der Waals surface area contributed by atoms with Gasteiger partial charge in [-0.2, -0.15) is 0 Å². The monoisotopic (exact) mass is 233 g/mol. The molecule has 1 saturated heterocycles. The summed E-state index contributed by atoms with van der Waals surface area (Å²) in [5, 5.41) is 3.64. The molecular weight excluding hydrogens is 210 g/mol. The normalized spacial score (nSPS) is 20.4. The third-order valence-corrected chi connectivity index (χ3v) is 3.76. The van der Waals surface area contributed by atoms with Crippen molar-refractivity contribution in [2.24, 2.45) is 5.92 Å². The summed E-state index contributed by atoms with van der Waals surface area (Å²) >= 11 is 0. The molecule has 1 N–H and O–H groups in total. The van der Waals surface area contributed by atoms with Gasteiger partial charge in [-0.3, -0.25) is 4.98 Å². The van der Waals surface area contributed by atoms with Crippen molar-refractivity contribution < 1.29 is 0 Å². The maximum Gasteiger partial charge on any atom is 0.0293 e. The molecule has 1 atom stereocenters. The summed E-state index contributed by atoms with van der Waals surface area (Å²) in [6, 6.07) is 4.61. The van der Waals surface area contributed by atoms with Gasteiger partial charge < -0.3 is 10.2 Å². The standard InChI is InChI=1S/C14H23N3/c1-12(14-3-7-15-8-4-14)16-11-13-5-9-17(2)10-6-13/h3-4,7-8,12-13,16H,5-6,9-11H2,1-2H3/t12-/m0/s1. The minimum Gasteiger partial charge on any atom is -0.310 e. The molecule has 0 unspecified atom stereocenters. The molecule has 1 aromatic heterocycles. The molecule has 1 aromatic rings. The molecule has 94 valence electrons. The fourth-order valence-electron chi connectivity index (χ4n) is 2.38. The van der Waals surface area contributed by atoms with E-state index in [1.54, 1.807) is 0 Å². The lowest BCUT2D eigenvalue weighted by Crippen LogP contribution is -2.35. The minimum atomic E-state index is 0.428. The SMILES string of the molecule is C[C@H](NCC1CCN(C)CC1)c1ccncc1. The molecule has 0 spiro atoms. The number of hydrogen-bond donors (Lipinski definition) is 1. The smallest absolute Gasteiger partial charge is 0.0293 e. The fourth-order valence-corrected chi connectivity index (χ4v) is 2.38. The van der Waals surface area contributed by atoms with Crippen molar-refractivity contribution in [2.75, 3.05) is 26.7 Å². The average molecular weight is 233 g/mol. The van der Waals surface area contributed by atoms with E-state index in [-0.39, 0.29) is 0 Å². The largest absolute Gasteiger partial charge is 0.310 e. The summed E-state index contributed by atoms with van der Waals surface area (Å²) in [5.41, 5.74) is 1.33. The molecule has 3 heteroatoms. The molecule has 2 rings (SSSR count). The van der Waals surface area contributed by atoms with Crippen LogP contribution in [0.15, 0.2) is 24.5 Å². The van der Waals surface area contributed by atoms with E-state index in [0.29, 0.717) is 6.04 Å². The summed E-state index contributed by atoms with van der Waals surface area (Å²) in [5.74, 6) is 0.843. The first-order chi connectivity index (χ1) is 8.25. The Morgan fingerprint density at radius 2 is 2.00 bits per heavy atom. The zero-order valence-corrected chi connectivity index (χ0v) is 10.9. The van der Waals surface area contributed by atoms with Crippen molar-refractivity contribution in [1.82, 2.24) is 15.2 Å². The van der Waals surface area contributed by atoms with E-state index >= 15 is 0 Å². The van der Waals surface area contributed by atoms with Crippen LogP contribution in [0.2, 0.25) is 0 Å². The number of likely N-dealkylation sites (tertiary alicyclic amines) is 1. The van der Waals surface area contributed by atoms with Crippen LogP contribution in [0.1, 0.15) is 31.4 Å². The van der Waals surface area contributed by atoms with E-state index in [1.807, 2.05) is 12.4 Å². The van der Waals surface area contributed by atoms with Crippen LogP contribution < -0.4 is 5.32 Å². The number of nitrogens with zero attached hydrogens (tertiary/aromatic N) is 2. The van der Waals surface area contributed by atoms with E-state index in [4.69, 9.17) is 0 Å². The summed E-state index contributed by atoms with van der Waals surface area (Å²) in [6.45, 7) is 5.85. The van der Waals surface area contributed by atoms with Gasteiger partial charge in [-0.25, -0.2) is 0 Å². The van der Waals surface area contributed by atoms with Gasteiger partial charge in [0.2, 0.25) is 0 Å². The predicted octanol–water partition coefficient (Wildman–Crippen LogP) is 2.07. The van der Waals surface area contributed by atoms with Crippen LogP contribution in [0.5, 0.6) is 0 Å². The first-order valence-electron chi connectivity index (χ1n) is 6.57. The van der Waals surface area contributed by atoms with E-state index in [2.05, 4.69) is 41.3 Å². The van der Waals surface area contributed by atoms with Gasteiger partial charge in [0.15, 0.2) is 0 Å². The van der Waals surface area contributed by atoms with E-state index in [9.17, 15) is 0 Å². The van der Waals surface area contributed by atoms with E-state index in [1.165, 1.54) is 31.5 Å². The summed E-state index contributed by atoms with van der Waals surface area (Å²) in [7, 11) is 2.21. The molecule has 1 aliphatic rings. The van der Waals surface area contributed by atoms with Gasteiger partial charge in [0.1, 0.15) is 0 Å². The number of piperidine rings is 1. The first kappa shape index (κ1) is 12.5. The van der Waals surface area contributed by atoms with Crippen LogP contribution >= 0.6 is 0 Å². The molecule has 2 heterocycles. The van der Waals surface area contributed by atoms with E-state index < -0.39 is 0 Å². The second kappa shape index (κ2) is 6.12. The molecule has 0 aliphatic carbocycles. The Kier molecular flexibility index (Phi) is 4.51. The maximum atomic E-state index is 4.05. The molecule has 17 heavy (non-hydrogen) atoms. The molecule has 1 aliphatic heterocycles. The van der Waals surface area contributed by atoms with Crippen LogP contribution in [0.25, 0.3) is 0 Å². The van der Waals surface area contributed by atoms with Gasteiger partial charge >= 0.3 is 0 Å². The number of aromatic nitrogens is 1. The zero-order chi connectivity index (χ0) is 12.1. The second-order valence-electron chi connectivity index (χ2n) is 5.16. The maximum absolute atomic E-state index is 4.05. The Bertz CT molecular complexity index is 317. The summed E-state index contributed by atoms with van der Waals surface area (Å²) in [6.07, 6.45) is 6.38. The van der Waals surface area contributed by atoms with Crippen molar-refractivity contribution in [3.05, 3.63) is 30.1 Å². The fraction of sp³-hybridized carbons (Fsp3) is 0.643. The molecule has 0 bridgehead atoms. The number of hydrogen-bond acceptors (Lipinski definition) is 3. The van der Waals surface area contributed by atoms with Gasteiger partial charge in [-0.1, -0.05) is 0 Å². The van der Waals surface area contributed by atoms with Crippen LogP contribution in [-0.2, 0) is 0 Å². The third kappa shape index (κ3) is 3.79. The highest BCUT2D eigenvalue weighted by molar-refractivity contribution is 5.13. The lowest BCUT2D eigenvalue weighted by Gasteiger charge is -2.30. The molecular formula is C14H23N3. The quantitative estimate of drug-likeness (QED) is 0.863. The highest BCUT2D eigenvalue weighted by Crippen LogP contribution is 2.17.